The summed E-state index contributed by atoms with van der Waals surface area (Å²) < 4.78 is 16.8. The fraction of sp³-hybridized carbons (Fsp3) is 0.746. The zero-order chi connectivity index (χ0) is 47.2. The maximum Gasteiger partial charge on any atom is 0.306 e. The Labute approximate surface area is 402 Å². The Bertz CT molecular complexity index is 1230. The van der Waals surface area contributed by atoms with Crippen LogP contribution in [0.15, 0.2) is 72.9 Å². The normalized spacial score (nSPS) is 12.6. The highest BCUT2D eigenvalue weighted by molar-refractivity contribution is 5.71. The van der Waals surface area contributed by atoms with Crippen molar-refractivity contribution >= 4 is 17.9 Å². The highest BCUT2D eigenvalue weighted by atomic mass is 16.6. The average Bonchev–Trinajstić information content (AvgIpc) is 3.30. The third kappa shape index (κ3) is 51.7. The predicted octanol–water partition coefficient (Wildman–Crippen LogP) is 18.2. The standard InChI is InChI=1S/C59H102O6/c1-4-7-10-13-16-19-22-25-27-29-30-32-34-37-40-43-46-49-52-58(61)64-55-56(54-63-57(60)51-48-45-42-39-36-33-24-21-18-15-12-9-6-3)65-59(62)53-50-47-44-41-38-35-31-28-26-23-20-17-14-11-8-5-2/h9,12,15,18,21-22,24-25,27,29-30,32,56H,4-8,10-11,13-14,16-17,19-20,23,26,28,31,33-55H2,1-3H3/b12-9-,18-15-,24-21-,25-22-,29-27-,32-30-. The molecule has 0 aliphatic heterocycles. The van der Waals surface area contributed by atoms with Crippen LogP contribution in [0.3, 0.4) is 0 Å². The summed E-state index contributed by atoms with van der Waals surface area (Å²) in [4.78, 5) is 38.1. The molecule has 0 aliphatic rings. The van der Waals surface area contributed by atoms with Crippen LogP contribution in [-0.2, 0) is 28.6 Å². The van der Waals surface area contributed by atoms with Crippen molar-refractivity contribution in [1.29, 1.82) is 0 Å². The molecule has 0 N–H and O–H groups in total. The molecule has 65 heavy (non-hydrogen) atoms. The molecule has 0 saturated heterocycles. The molecule has 0 amide bonds. The van der Waals surface area contributed by atoms with E-state index in [9.17, 15) is 14.4 Å². The van der Waals surface area contributed by atoms with E-state index in [0.29, 0.717) is 19.3 Å². The molecule has 0 aromatic heterocycles. The van der Waals surface area contributed by atoms with Gasteiger partial charge in [0.2, 0.25) is 0 Å². The molecule has 0 saturated carbocycles. The zero-order valence-electron chi connectivity index (χ0n) is 42.7. The Kier molecular flexibility index (Phi) is 50.9. The van der Waals surface area contributed by atoms with Crippen molar-refractivity contribution in [2.24, 2.45) is 0 Å². The molecule has 0 aromatic carbocycles. The summed E-state index contributed by atoms with van der Waals surface area (Å²) in [6, 6.07) is 0. The van der Waals surface area contributed by atoms with E-state index < -0.39 is 6.10 Å². The van der Waals surface area contributed by atoms with Crippen LogP contribution in [0.25, 0.3) is 0 Å². The first-order valence-corrected chi connectivity index (χ1v) is 27.5. The van der Waals surface area contributed by atoms with Crippen LogP contribution in [0.1, 0.15) is 265 Å². The molecule has 0 heterocycles. The van der Waals surface area contributed by atoms with Gasteiger partial charge >= 0.3 is 17.9 Å². The Morgan fingerprint density at radius 2 is 0.600 bits per heavy atom. The summed E-state index contributed by atoms with van der Waals surface area (Å²) in [6.07, 6.45) is 67.4. The number of unbranched alkanes of at least 4 members (excludes halogenated alkanes) is 30. The third-order valence-corrected chi connectivity index (χ3v) is 11.8. The number of allylic oxidation sites excluding steroid dienone is 12. The van der Waals surface area contributed by atoms with Gasteiger partial charge in [-0.1, -0.05) is 254 Å². The summed E-state index contributed by atoms with van der Waals surface area (Å²) in [5.74, 6) is -0.922. The summed E-state index contributed by atoms with van der Waals surface area (Å²) in [7, 11) is 0. The molecule has 0 rings (SSSR count). The molecule has 1 atom stereocenters. The minimum absolute atomic E-state index is 0.0912. The SMILES string of the molecule is CC\C=C/C=C\C=C/CCCCCCCC(=O)OCC(COC(=O)CCCCCCC\C=C/C=C\C=C/CCCCCCC)OC(=O)CCCCCCCCCCCCCCCCCC. The number of ether oxygens (including phenoxy) is 3. The molecule has 6 heteroatoms. The fourth-order valence-corrected chi connectivity index (χ4v) is 7.68. The molecule has 0 aromatic rings. The second-order valence-corrected chi connectivity index (χ2v) is 18.2. The quantitative estimate of drug-likeness (QED) is 0.0262. The minimum Gasteiger partial charge on any atom is -0.462 e. The van der Waals surface area contributed by atoms with Gasteiger partial charge in [0, 0.05) is 19.3 Å². The van der Waals surface area contributed by atoms with E-state index in [1.54, 1.807) is 0 Å². The van der Waals surface area contributed by atoms with Gasteiger partial charge in [-0.3, -0.25) is 14.4 Å². The summed E-state index contributed by atoms with van der Waals surface area (Å²) in [6.45, 7) is 6.47. The Hall–Kier alpha value is -3.15. The highest BCUT2D eigenvalue weighted by Gasteiger charge is 2.19. The molecular weight excluding hydrogens is 805 g/mol. The molecule has 6 nitrogen and oxygen atoms in total. The van der Waals surface area contributed by atoms with Gasteiger partial charge in [-0.25, -0.2) is 0 Å². The number of carbonyl (C=O) groups is 3. The van der Waals surface area contributed by atoms with E-state index in [1.807, 2.05) is 0 Å². The summed E-state index contributed by atoms with van der Waals surface area (Å²) in [5, 5.41) is 0. The Balaban J connectivity index is 4.42. The van der Waals surface area contributed by atoms with Crippen molar-refractivity contribution in [2.45, 2.75) is 271 Å². The van der Waals surface area contributed by atoms with Crippen molar-refractivity contribution in [1.82, 2.24) is 0 Å². The van der Waals surface area contributed by atoms with Crippen LogP contribution < -0.4 is 0 Å². The molecule has 0 aliphatic carbocycles. The average molecular weight is 907 g/mol. The van der Waals surface area contributed by atoms with E-state index in [-0.39, 0.29) is 31.1 Å². The number of rotatable bonds is 49. The van der Waals surface area contributed by atoms with Gasteiger partial charge in [0.05, 0.1) is 0 Å². The van der Waals surface area contributed by atoms with Gasteiger partial charge in [0.1, 0.15) is 13.2 Å². The van der Waals surface area contributed by atoms with Crippen molar-refractivity contribution in [2.75, 3.05) is 13.2 Å². The first-order valence-electron chi connectivity index (χ1n) is 27.5. The highest BCUT2D eigenvalue weighted by Crippen LogP contribution is 2.16. The van der Waals surface area contributed by atoms with E-state index in [1.165, 1.54) is 122 Å². The number of hydrogen-bond donors (Lipinski definition) is 0. The second-order valence-electron chi connectivity index (χ2n) is 18.2. The first-order chi connectivity index (χ1) is 32.0. The van der Waals surface area contributed by atoms with Crippen LogP contribution in [-0.4, -0.2) is 37.2 Å². The molecule has 1 unspecified atom stereocenters. The van der Waals surface area contributed by atoms with Crippen molar-refractivity contribution in [3.63, 3.8) is 0 Å². The van der Waals surface area contributed by atoms with Gasteiger partial charge in [-0.2, -0.15) is 0 Å². The van der Waals surface area contributed by atoms with E-state index >= 15 is 0 Å². The first kappa shape index (κ1) is 61.9. The summed E-state index contributed by atoms with van der Waals surface area (Å²) >= 11 is 0. The zero-order valence-corrected chi connectivity index (χ0v) is 42.7. The molecular formula is C59H102O6. The third-order valence-electron chi connectivity index (χ3n) is 11.8. The smallest absolute Gasteiger partial charge is 0.306 e. The largest absolute Gasteiger partial charge is 0.462 e. The molecule has 0 fully saturated rings. The monoisotopic (exact) mass is 907 g/mol. The van der Waals surface area contributed by atoms with E-state index in [0.717, 1.165) is 103 Å². The van der Waals surface area contributed by atoms with Gasteiger partial charge in [0.25, 0.3) is 0 Å². The topological polar surface area (TPSA) is 78.9 Å². The lowest BCUT2D eigenvalue weighted by Gasteiger charge is -2.18. The number of esters is 3. The second kappa shape index (κ2) is 53.5. The van der Waals surface area contributed by atoms with Crippen molar-refractivity contribution in [3.8, 4) is 0 Å². The minimum atomic E-state index is -0.790. The van der Waals surface area contributed by atoms with Gasteiger partial charge in [0.15, 0.2) is 6.10 Å². The molecule has 0 radical (unpaired) electrons. The molecule has 0 bridgehead atoms. The van der Waals surface area contributed by atoms with Crippen LogP contribution in [0.4, 0.5) is 0 Å². The van der Waals surface area contributed by atoms with Crippen molar-refractivity contribution in [3.05, 3.63) is 72.9 Å². The van der Waals surface area contributed by atoms with Crippen LogP contribution in [0, 0.1) is 0 Å². The predicted molar refractivity (Wildman–Crippen MR) is 279 cm³/mol. The van der Waals surface area contributed by atoms with Crippen LogP contribution in [0.2, 0.25) is 0 Å². The van der Waals surface area contributed by atoms with Gasteiger partial charge in [-0.05, 0) is 64.2 Å². The molecule has 0 spiro atoms. The fourth-order valence-electron chi connectivity index (χ4n) is 7.68. The Morgan fingerprint density at radius 1 is 0.323 bits per heavy atom. The molecule has 374 valence electrons. The number of carbonyl (C=O) groups excluding carboxylic acids is 3. The van der Waals surface area contributed by atoms with Crippen LogP contribution in [0.5, 0.6) is 0 Å². The Morgan fingerprint density at radius 3 is 0.923 bits per heavy atom. The van der Waals surface area contributed by atoms with E-state index in [2.05, 4.69) is 93.7 Å². The lowest BCUT2D eigenvalue weighted by atomic mass is 10.0. The van der Waals surface area contributed by atoms with Gasteiger partial charge < -0.3 is 14.2 Å². The maximum absolute atomic E-state index is 12.8. The van der Waals surface area contributed by atoms with Gasteiger partial charge in [-0.15, -0.1) is 0 Å². The number of hydrogen-bond acceptors (Lipinski definition) is 6. The maximum atomic E-state index is 12.8. The lowest BCUT2D eigenvalue weighted by molar-refractivity contribution is -0.167. The van der Waals surface area contributed by atoms with Crippen LogP contribution >= 0.6 is 0 Å². The lowest BCUT2D eigenvalue weighted by Crippen LogP contribution is -2.30. The summed E-state index contributed by atoms with van der Waals surface area (Å²) in [5.41, 5.74) is 0. The van der Waals surface area contributed by atoms with Crippen molar-refractivity contribution < 1.29 is 28.6 Å². The van der Waals surface area contributed by atoms with E-state index in [4.69, 9.17) is 14.2 Å².